The number of benzene rings is 1. The highest BCUT2D eigenvalue weighted by molar-refractivity contribution is 5.93. The number of nitrogens with zero attached hydrogens (tertiary/aromatic N) is 2. The third-order valence-electron chi connectivity index (χ3n) is 4.88. The summed E-state index contributed by atoms with van der Waals surface area (Å²) in [5.74, 6) is 0.498. The van der Waals surface area contributed by atoms with Crippen LogP contribution in [0.4, 0.5) is 0 Å². The lowest BCUT2D eigenvalue weighted by atomic mass is 9.98. The first-order valence-corrected chi connectivity index (χ1v) is 9.12. The van der Waals surface area contributed by atoms with E-state index >= 15 is 0 Å². The van der Waals surface area contributed by atoms with Crippen LogP contribution < -0.4 is 0 Å². The summed E-state index contributed by atoms with van der Waals surface area (Å²) in [6.07, 6.45) is 6.94. The van der Waals surface area contributed by atoms with E-state index in [2.05, 4.69) is 0 Å². The van der Waals surface area contributed by atoms with Gasteiger partial charge < -0.3 is 9.80 Å². The first kappa shape index (κ1) is 18.5. The molecular formula is C20H30N2O2. The Bertz CT molecular complexity index is 543. The zero-order valence-electron chi connectivity index (χ0n) is 15.3. The van der Waals surface area contributed by atoms with Gasteiger partial charge in [-0.05, 0) is 37.5 Å². The monoisotopic (exact) mass is 330 g/mol. The minimum Gasteiger partial charge on any atom is -0.345 e. The van der Waals surface area contributed by atoms with Crippen LogP contribution in [0.3, 0.4) is 0 Å². The van der Waals surface area contributed by atoms with Gasteiger partial charge in [-0.3, -0.25) is 9.59 Å². The predicted octanol–water partition coefficient (Wildman–Crippen LogP) is 3.71. The van der Waals surface area contributed by atoms with Gasteiger partial charge >= 0.3 is 0 Å². The molecule has 2 rings (SSSR count). The summed E-state index contributed by atoms with van der Waals surface area (Å²) >= 11 is 0. The van der Waals surface area contributed by atoms with Crippen molar-refractivity contribution in [2.75, 3.05) is 20.6 Å². The average Bonchev–Trinajstić information content (AvgIpc) is 2.88. The molecule has 0 radical (unpaired) electrons. The Morgan fingerprint density at radius 2 is 1.58 bits per heavy atom. The van der Waals surface area contributed by atoms with Crippen LogP contribution in [-0.2, 0) is 11.3 Å². The highest BCUT2D eigenvalue weighted by atomic mass is 16.2. The number of hydrogen-bond donors (Lipinski definition) is 0. The van der Waals surface area contributed by atoms with Gasteiger partial charge in [0, 0.05) is 38.7 Å². The van der Waals surface area contributed by atoms with Crippen molar-refractivity contribution in [1.82, 2.24) is 9.80 Å². The molecule has 0 saturated heterocycles. The largest absolute Gasteiger partial charge is 0.345 e. The molecule has 132 valence electrons. The Balaban J connectivity index is 2.01. The molecule has 1 saturated carbocycles. The third kappa shape index (κ3) is 4.83. The fourth-order valence-corrected chi connectivity index (χ4v) is 3.36. The zero-order chi connectivity index (χ0) is 17.5. The summed E-state index contributed by atoms with van der Waals surface area (Å²) in [5, 5.41) is 0. The first-order chi connectivity index (χ1) is 11.5. The lowest BCUT2D eigenvalue weighted by molar-refractivity contribution is -0.136. The van der Waals surface area contributed by atoms with E-state index in [0.717, 1.165) is 24.9 Å². The zero-order valence-corrected chi connectivity index (χ0v) is 15.3. The van der Waals surface area contributed by atoms with Gasteiger partial charge in [-0.25, -0.2) is 0 Å². The van der Waals surface area contributed by atoms with Crippen LogP contribution in [0.15, 0.2) is 24.3 Å². The van der Waals surface area contributed by atoms with Crippen molar-refractivity contribution in [2.45, 2.75) is 52.0 Å². The molecule has 0 spiro atoms. The van der Waals surface area contributed by atoms with Crippen molar-refractivity contribution in [3.05, 3.63) is 35.4 Å². The molecular weight excluding hydrogens is 300 g/mol. The maximum absolute atomic E-state index is 12.8. The Hall–Kier alpha value is -1.84. The number of carbonyl (C=O) groups is 2. The second-order valence-electron chi connectivity index (χ2n) is 6.94. The Morgan fingerprint density at radius 3 is 2.08 bits per heavy atom. The Morgan fingerprint density at radius 1 is 1.00 bits per heavy atom. The van der Waals surface area contributed by atoms with Crippen molar-refractivity contribution in [3.8, 4) is 0 Å². The van der Waals surface area contributed by atoms with Gasteiger partial charge in [0.15, 0.2) is 0 Å². The van der Waals surface area contributed by atoms with Gasteiger partial charge in [0.2, 0.25) is 5.91 Å². The van der Waals surface area contributed by atoms with Gasteiger partial charge in [0.05, 0.1) is 0 Å². The molecule has 0 N–H and O–H groups in total. The molecule has 2 amide bonds. The Kier molecular flexibility index (Phi) is 6.83. The van der Waals surface area contributed by atoms with Crippen molar-refractivity contribution in [2.24, 2.45) is 5.92 Å². The number of carbonyl (C=O) groups excluding carboxylic acids is 2. The lowest BCUT2D eigenvalue weighted by Gasteiger charge is -2.26. The SMILES string of the molecule is CCN(Cc1ccc(C(=O)N(C)C)cc1)C(=O)C1CCCCCC1. The van der Waals surface area contributed by atoms with Crippen LogP contribution in [0, 0.1) is 5.92 Å². The molecule has 0 aliphatic heterocycles. The van der Waals surface area contributed by atoms with E-state index in [0.29, 0.717) is 18.0 Å². The molecule has 0 atom stereocenters. The molecule has 1 aromatic rings. The van der Waals surface area contributed by atoms with Crippen molar-refractivity contribution in [1.29, 1.82) is 0 Å². The first-order valence-electron chi connectivity index (χ1n) is 9.12. The maximum Gasteiger partial charge on any atom is 0.253 e. The summed E-state index contributed by atoms with van der Waals surface area (Å²) in [6, 6.07) is 7.61. The van der Waals surface area contributed by atoms with Crippen LogP contribution in [-0.4, -0.2) is 42.3 Å². The van der Waals surface area contributed by atoms with E-state index in [-0.39, 0.29) is 11.8 Å². The van der Waals surface area contributed by atoms with Crippen LogP contribution in [0.5, 0.6) is 0 Å². The van der Waals surface area contributed by atoms with E-state index in [4.69, 9.17) is 0 Å². The van der Waals surface area contributed by atoms with Crippen LogP contribution in [0.1, 0.15) is 61.4 Å². The van der Waals surface area contributed by atoms with E-state index in [1.165, 1.54) is 25.7 Å². The summed E-state index contributed by atoms with van der Waals surface area (Å²) in [6.45, 7) is 3.40. The summed E-state index contributed by atoms with van der Waals surface area (Å²) in [5.41, 5.74) is 1.76. The smallest absolute Gasteiger partial charge is 0.253 e. The summed E-state index contributed by atoms with van der Waals surface area (Å²) in [7, 11) is 3.50. The standard InChI is InChI=1S/C20H30N2O2/c1-4-22(20(24)17-9-7-5-6-8-10-17)15-16-11-13-18(14-12-16)19(23)21(2)3/h11-14,17H,4-10,15H2,1-3H3. The molecule has 0 unspecified atom stereocenters. The second-order valence-corrected chi connectivity index (χ2v) is 6.94. The third-order valence-corrected chi connectivity index (χ3v) is 4.88. The summed E-state index contributed by atoms with van der Waals surface area (Å²) < 4.78 is 0. The number of hydrogen-bond acceptors (Lipinski definition) is 2. The van der Waals surface area contributed by atoms with Crippen LogP contribution in [0.25, 0.3) is 0 Å². The molecule has 24 heavy (non-hydrogen) atoms. The molecule has 1 aliphatic carbocycles. The van der Waals surface area contributed by atoms with Gasteiger partial charge in [-0.15, -0.1) is 0 Å². The molecule has 0 heterocycles. The minimum absolute atomic E-state index is 0.00318. The van der Waals surface area contributed by atoms with Crippen LogP contribution >= 0.6 is 0 Å². The van der Waals surface area contributed by atoms with E-state index in [1.54, 1.807) is 19.0 Å². The van der Waals surface area contributed by atoms with Gasteiger partial charge in [-0.2, -0.15) is 0 Å². The van der Waals surface area contributed by atoms with Crippen molar-refractivity contribution < 1.29 is 9.59 Å². The number of amides is 2. The second kappa shape index (κ2) is 8.86. The minimum atomic E-state index is 0.00318. The van der Waals surface area contributed by atoms with Crippen molar-refractivity contribution in [3.63, 3.8) is 0 Å². The molecule has 4 heteroatoms. The average molecular weight is 330 g/mol. The molecule has 4 nitrogen and oxygen atoms in total. The molecule has 1 fully saturated rings. The van der Waals surface area contributed by atoms with E-state index in [1.807, 2.05) is 36.1 Å². The summed E-state index contributed by atoms with van der Waals surface area (Å²) in [4.78, 5) is 28.3. The van der Waals surface area contributed by atoms with Gasteiger partial charge in [0.1, 0.15) is 0 Å². The van der Waals surface area contributed by atoms with Crippen molar-refractivity contribution >= 4 is 11.8 Å². The topological polar surface area (TPSA) is 40.6 Å². The molecule has 1 aliphatic rings. The Labute approximate surface area is 145 Å². The van der Waals surface area contributed by atoms with Crippen LogP contribution in [0.2, 0.25) is 0 Å². The molecule has 1 aromatic carbocycles. The fraction of sp³-hybridized carbons (Fsp3) is 0.600. The van der Waals surface area contributed by atoms with Gasteiger partial charge in [0.25, 0.3) is 5.91 Å². The quantitative estimate of drug-likeness (QED) is 0.772. The fourth-order valence-electron chi connectivity index (χ4n) is 3.36. The van der Waals surface area contributed by atoms with Gasteiger partial charge in [-0.1, -0.05) is 37.8 Å². The number of rotatable bonds is 5. The van der Waals surface area contributed by atoms with E-state index in [9.17, 15) is 9.59 Å². The highest BCUT2D eigenvalue weighted by Crippen LogP contribution is 2.25. The predicted molar refractivity (Wildman–Crippen MR) is 96.7 cm³/mol. The highest BCUT2D eigenvalue weighted by Gasteiger charge is 2.24. The molecule has 0 aromatic heterocycles. The lowest BCUT2D eigenvalue weighted by Crippen LogP contribution is -2.35. The normalized spacial score (nSPS) is 15.6. The van der Waals surface area contributed by atoms with E-state index < -0.39 is 0 Å². The molecule has 0 bridgehead atoms. The maximum atomic E-state index is 12.8.